The summed E-state index contributed by atoms with van der Waals surface area (Å²) in [6, 6.07) is 11.2. The number of aryl methyl sites for hydroxylation is 1. The van der Waals surface area contributed by atoms with Crippen LogP contribution < -0.4 is 4.90 Å². The van der Waals surface area contributed by atoms with E-state index in [9.17, 15) is 4.79 Å². The molecule has 1 amide bonds. The molecule has 0 aliphatic carbocycles. The highest BCUT2D eigenvalue weighted by atomic mass is 127. The molecule has 2 aromatic heterocycles. The number of fused-ring (bicyclic) bond motifs is 3. The topological polar surface area (TPSA) is 54.3 Å². The third-order valence-electron chi connectivity index (χ3n) is 5.78. The maximum atomic E-state index is 11.7. The van der Waals surface area contributed by atoms with Crippen molar-refractivity contribution in [1.82, 2.24) is 19.7 Å². The summed E-state index contributed by atoms with van der Waals surface area (Å²) in [5.74, 6) is 1.17. The number of anilines is 1. The molecule has 0 saturated carbocycles. The predicted octanol–water partition coefficient (Wildman–Crippen LogP) is 3.14. The molecule has 2 bridgehead atoms. The van der Waals surface area contributed by atoms with Gasteiger partial charge in [-0.25, -0.2) is 9.67 Å². The van der Waals surface area contributed by atoms with E-state index < -0.39 is 0 Å². The Morgan fingerprint density at radius 3 is 2.70 bits per heavy atom. The second kappa shape index (κ2) is 6.19. The minimum absolute atomic E-state index is 0.181. The van der Waals surface area contributed by atoms with Crippen molar-refractivity contribution in [3.05, 3.63) is 45.8 Å². The van der Waals surface area contributed by atoms with E-state index in [0.717, 1.165) is 40.2 Å². The molecule has 0 unspecified atom stereocenters. The van der Waals surface area contributed by atoms with Crippen LogP contribution in [0.15, 0.2) is 36.5 Å². The van der Waals surface area contributed by atoms with Crippen molar-refractivity contribution in [2.45, 2.75) is 32.4 Å². The molecule has 7 heteroatoms. The van der Waals surface area contributed by atoms with Gasteiger partial charge < -0.3 is 9.80 Å². The molecule has 0 radical (unpaired) electrons. The second-order valence-corrected chi connectivity index (χ2v) is 8.44. The van der Waals surface area contributed by atoms with Crippen molar-refractivity contribution in [3.63, 3.8) is 0 Å². The number of carbonyl (C=O) groups excluding carboxylic acids is 1. The molecule has 0 spiro atoms. The minimum atomic E-state index is 0.181. The molecule has 2 saturated heterocycles. The van der Waals surface area contributed by atoms with Gasteiger partial charge in [0.15, 0.2) is 0 Å². The lowest BCUT2D eigenvalue weighted by Gasteiger charge is -2.34. The van der Waals surface area contributed by atoms with Crippen molar-refractivity contribution >= 4 is 45.2 Å². The number of pyridine rings is 1. The Hall–Kier alpha value is -2.16. The molecule has 2 atom stereocenters. The first-order valence-electron chi connectivity index (χ1n) is 9.17. The van der Waals surface area contributed by atoms with E-state index in [4.69, 9.17) is 10.1 Å². The first-order chi connectivity index (χ1) is 13.0. The second-order valence-electron chi connectivity index (χ2n) is 7.42. The van der Waals surface area contributed by atoms with Crippen LogP contribution in [0.5, 0.6) is 0 Å². The van der Waals surface area contributed by atoms with Crippen LogP contribution in [0.3, 0.4) is 0 Å². The van der Waals surface area contributed by atoms with Gasteiger partial charge in [0.25, 0.3) is 0 Å². The van der Waals surface area contributed by atoms with Crippen LogP contribution >= 0.6 is 22.6 Å². The normalized spacial score (nSPS) is 21.4. The molecule has 2 aliphatic heterocycles. The van der Waals surface area contributed by atoms with Gasteiger partial charge in [-0.3, -0.25) is 4.79 Å². The number of rotatable bonds is 2. The fourth-order valence-electron chi connectivity index (χ4n) is 4.49. The van der Waals surface area contributed by atoms with Gasteiger partial charge in [-0.1, -0.05) is 18.2 Å². The molecular weight excluding hydrogens is 453 g/mol. The van der Waals surface area contributed by atoms with E-state index in [1.807, 2.05) is 15.8 Å². The van der Waals surface area contributed by atoms with Gasteiger partial charge >= 0.3 is 0 Å². The Morgan fingerprint density at radius 2 is 2.04 bits per heavy atom. The first-order valence-corrected chi connectivity index (χ1v) is 10.2. The molecular formula is C20H20IN5O. The zero-order valence-electron chi connectivity index (χ0n) is 15.3. The maximum Gasteiger partial charge on any atom is 0.219 e. The summed E-state index contributed by atoms with van der Waals surface area (Å²) in [5.41, 5.74) is 3.30. The fraction of sp³-hybridized carbons (Fsp3) is 0.350. The summed E-state index contributed by atoms with van der Waals surface area (Å²) in [5, 5.41) is 5.89. The molecule has 27 heavy (non-hydrogen) atoms. The number of piperazine rings is 1. The lowest BCUT2D eigenvalue weighted by Crippen LogP contribution is -2.48. The Labute approximate surface area is 171 Å². The Morgan fingerprint density at radius 1 is 1.19 bits per heavy atom. The van der Waals surface area contributed by atoms with E-state index in [1.165, 1.54) is 10.9 Å². The maximum absolute atomic E-state index is 11.7. The van der Waals surface area contributed by atoms with Crippen LogP contribution in [-0.2, 0) is 4.79 Å². The smallest absolute Gasteiger partial charge is 0.219 e. The zero-order chi connectivity index (χ0) is 18.7. The summed E-state index contributed by atoms with van der Waals surface area (Å²) in [7, 11) is 0. The van der Waals surface area contributed by atoms with Gasteiger partial charge in [0.1, 0.15) is 9.52 Å². The van der Waals surface area contributed by atoms with Crippen LogP contribution in [0.25, 0.3) is 16.6 Å². The van der Waals surface area contributed by atoms with Crippen molar-refractivity contribution < 1.29 is 4.79 Å². The molecule has 3 aromatic rings. The van der Waals surface area contributed by atoms with Crippen LogP contribution in [0.4, 0.5) is 5.82 Å². The van der Waals surface area contributed by atoms with E-state index in [2.05, 4.69) is 64.7 Å². The van der Waals surface area contributed by atoms with Crippen molar-refractivity contribution in [2.24, 2.45) is 0 Å². The molecule has 1 aromatic carbocycles. The summed E-state index contributed by atoms with van der Waals surface area (Å²) in [4.78, 5) is 20.8. The molecule has 138 valence electrons. The van der Waals surface area contributed by atoms with E-state index in [1.54, 1.807) is 6.92 Å². The molecule has 4 heterocycles. The summed E-state index contributed by atoms with van der Waals surface area (Å²) >= 11 is 2.29. The first kappa shape index (κ1) is 17.0. The predicted molar refractivity (Wildman–Crippen MR) is 113 cm³/mol. The standard InChI is InChI=1S/C20H20IN5O/c1-12-4-3-5-17-19(12)26(23-20(17)21)14-6-7-18(22-9-14)25-11-15-8-16(25)10-24(15)13(2)27/h3-7,9,15-16H,8,10-11H2,1-2H3/t15-,16-/m1/s1. The average Bonchev–Trinajstić information content (AvgIpc) is 3.35. The highest BCUT2D eigenvalue weighted by Gasteiger charge is 2.44. The molecule has 2 fully saturated rings. The summed E-state index contributed by atoms with van der Waals surface area (Å²) in [6.45, 7) is 5.46. The summed E-state index contributed by atoms with van der Waals surface area (Å²) in [6.07, 6.45) is 2.95. The Balaban J connectivity index is 1.45. The van der Waals surface area contributed by atoms with Crippen LogP contribution in [-0.4, -0.2) is 50.7 Å². The highest BCUT2D eigenvalue weighted by molar-refractivity contribution is 14.1. The van der Waals surface area contributed by atoms with E-state index >= 15 is 0 Å². The number of hydrogen-bond donors (Lipinski definition) is 0. The highest BCUT2D eigenvalue weighted by Crippen LogP contribution is 2.34. The number of aromatic nitrogens is 3. The molecule has 5 rings (SSSR count). The van der Waals surface area contributed by atoms with Gasteiger partial charge in [0.2, 0.25) is 5.91 Å². The van der Waals surface area contributed by atoms with Crippen molar-refractivity contribution in [3.8, 4) is 5.69 Å². The number of carbonyl (C=O) groups is 1. The number of nitrogens with zero attached hydrogens (tertiary/aromatic N) is 5. The fourth-order valence-corrected chi connectivity index (χ4v) is 5.14. The number of halogens is 1. The lowest BCUT2D eigenvalue weighted by atomic mass is 10.2. The molecule has 6 nitrogen and oxygen atoms in total. The number of para-hydroxylation sites is 1. The third-order valence-corrected chi connectivity index (χ3v) is 6.57. The Kier molecular flexibility index (Phi) is 3.89. The number of amides is 1. The Bertz CT molecular complexity index is 1040. The van der Waals surface area contributed by atoms with Crippen LogP contribution in [0, 0.1) is 10.6 Å². The van der Waals surface area contributed by atoms with Crippen LogP contribution in [0.2, 0.25) is 0 Å². The monoisotopic (exact) mass is 473 g/mol. The SMILES string of the molecule is CC(=O)N1C[C@H]2C[C@@H]1CN2c1ccc(-n2nc(I)c3cccc(C)c32)cn1. The van der Waals surface area contributed by atoms with Gasteiger partial charge in [-0.05, 0) is 53.6 Å². The number of benzene rings is 1. The van der Waals surface area contributed by atoms with Gasteiger partial charge in [0.05, 0.1) is 29.5 Å². The zero-order valence-corrected chi connectivity index (χ0v) is 17.4. The molecule has 2 aliphatic rings. The largest absolute Gasteiger partial charge is 0.350 e. The average molecular weight is 473 g/mol. The van der Waals surface area contributed by atoms with Crippen molar-refractivity contribution in [2.75, 3.05) is 18.0 Å². The minimum Gasteiger partial charge on any atom is -0.350 e. The lowest BCUT2D eigenvalue weighted by molar-refractivity contribution is -0.129. The van der Waals surface area contributed by atoms with Gasteiger partial charge in [-0.15, -0.1) is 0 Å². The van der Waals surface area contributed by atoms with E-state index in [0.29, 0.717) is 12.1 Å². The van der Waals surface area contributed by atoms with Gasteiger partial charge in [0, 0.05) is 25.4 Å². The molecule has 0 N–H and O–H groups in total. The van der Waals surface area contributed by atoms with Crippen molar-refractivity contribution in [1.29, 1.82) is 0 Å². The van der Waals surface area contributed by atoms with Crippen LogP contribution in [0.1, 0.15) is 18.9 Å². The number of likely N-dealkylation sites (tertiary alicyclic amines) is 1. The van der Waals surface area contributed by atoms with Gasteiger partial charge in [-0.2, -0.15) is 5.10 Å². The quantitative estimate of drug-likeness (QED) is 0.537. The number of hydrogen-bond acceptors (Lipinski definition) is 4. The third kappa shape index (κ3) is 2.62. The summed E-state index contributed by atoms with van der Waals surface area (Å²) < 4.78 is 2.98. The van der Waals surface area contributed by atoms with E-state index in [-0.39, 0.29) is 5.91 Å².